The Morgan fingerprint density at radius 1 is 0.800 bits per heavy atom. The Bertz CT molecular complexity index is 1150. The maximum absolute atomic E-state index is 12.3. The zero-order valence-electron chi connectivity index (χ0n) is 17.5. The van der Waals surface area contributed by atoms with Crippen molar-refractivity contribution < 1.29 is 4.79 Å². The van der Waals surface area contributed by atoms with Gasteiger partial charge in [0.05, 0.1) is 11.4 Å². The molecule has 6 nitrogen and oxygen atoms in total. The number of rotatable bonds is 6. The van der Waals surface area contributed by atoms with Gasteiger partial charge in [-0.2, -0.15) is 4.80 Å². The van der Waals surface area contributed by atoms with E-state index in [1.165, 1.54) is 5.69 Å². The van der Waals surface area contributed by atoms with E-state index in [2.05, 4.69) is 41.1 Å². The average molecular weight is 399 g/mol. The van der Waals surface area contributed by atoms with Gasteiger partial charge in [0, 0.05) is 31.4 Å². The quantitative estimate of drug-likeness (QED) is 0.460. The van der Waals surface area contributed by atoms with Gasteiger partial charge in [-0.3, -0.25) is 9.69 Å². The van der Waals surface area contributed by atoms with E-state index in [0.717, 1.165) is 41.2 Å². The summed E-state index contributed by atoms with van der Waals surface area (Å²) in [6.07, 6.45) is 0. The van der Waals surface area contributed by atoms with Crippen molar-refractivity contribution in [3.05, 3.63) is 72.8 Å². The molecule has 6 heteroatoms. The first-order chi connectivity index (χ1) is 14.6. The summed E-state index contributed by atoms with van der Waals surface area (Å²) in [5.74, 6) is -0.0556. The third-order valence-corrected chi connectivity index (χ3v) is 5.16. The van der Waals surface area contributed by atoms with Crippen molar-refractivity contribution in [3.8, 4) is 5.69 Å². The van der Waals surface area contributed by atoms with Gasteiger partial charge in [-0.15, -0.1) is 10.2 Å². The van der Waals surface area contributed by atoms with Crippen molar-refractivity contribution in [3.63, 3.8) is 0 Å². The van der Waals surface area contributed by atoms with Crippen LogP contribution in [0.15, 0.2) is 72.8 Å². The summed E-state index contributed by atoms with van der Waals surface area (Å²) < 4.78 is 0. The van der Waals surface area contributed by atoms with Crippen LogP contribution in [0.1, 0.15) is 20.8 Å². The first-order valence-corrected chi connectivity index (χ1v) is 10.2. The molecule has 152 valence electrons. The second-order valence-corrected chi connectivity index (χ2v) is 7.04. The summed E-state index contributed by atoms with van der Waals surface area (Å²) in [5, 5.41) is 9.25. The fourth-order valence-electron chi connectivity index (χ4n) is 3.63. The Morgan fingerprint density at radius 3 is 2.07 bits per heavy atom. The van der Waals surface area contributed by atoms with E-state index >= 15 is 0 Å². The molecular weight excluding hydrogens is 374 g/mol. The maximum atomic E-state index is 12.3. The lowest BCUT2D eigenvalue weighted by Gasteiger charge is -2.21. The van der Waals surface area contributed by atoms with Crippen LogP contribution in [0.4, 0.5) is 17.1 Å². The van der Waals surface area contributed by atoms with E-state index in [4.69, 9.17) is 0 Å². The third-order valence-electron chi connectivity index (χ3n) is 5.16. The number of carbonyl (C=O) groups excluding carboxylic acids is 1. The van der Waals surface area contributed by atoms with Crippen LogP contribution >= 0.6 is 0 Å². The van der Waals surface area contributed by atoms with Crippen molar-refractivity contribution in [2.24, 2.45) is 0 Å². The number of nitrogens with zero attached hydrogens (tertiary/aromatic N) is 5. The summed E-state index contributed by atoms with van der Waals surface area (Å²) in [6.45, 7) is 7.80. The molecule has 3 aromatic carbocycles. The second-order valence-electron chi connectivity index (χ2n) is 7.04. The molecule has 0 aliphatic heterocycles. The van der Waals surface area contributed by atoms with Crippen molar-refractivity contribution in [1.82, 2.24) is 15.0 Å². The van der Waals surface area contributed by atoms with Crippen molar-refractivity contribution in [1.29, 1.82) is 0 Å². The molecule has 0 unspecified atom stereocenters. The maximum Gasteiger partial charge on any atom is 0.228 e. The Hall–Kier alpha value is -3.67. The molecule has 0 fully saturated rings. The minimum atomic E-state index is -0.0556. The average Bonchev–Trinajstić information content (AvgIpc) is 3.19. The van der Waals surface area contributed by atoms with Crippen LogP contribution in [0.3, 0.4) is 0 Å². The molecule has 0 saturated heterocycles. The standard InChI is InChI=1S/C24H25N5O/c1-4-27(5-2)19-11-13-21(14-12-19)29-25-23-16-15-22(17-24(23)26-29)28(18(3)30)20-9-7-6-8-10-20/h6-17H,4-5H2,1-3H3. The highest BCUT2D eigenvalue weighted by Gasteiger charge is 2.16. The molecule has 0 aliphatic rings. The highest BCUT2D eigenvalue weighted by molar-refractivity contribution is 6.00. The predicted octanol–water partition coefficient (Wildman–Crippen LogP) is 4.95. The smallest absolute Gasteiger partial charge is 0.228 e. The zero-order valence-corrected chi connectivity index (χ0v) is 17.5. The Kier molecular flexibility index (Phi) is 5.48. The van der Waals surface area contributed by atoms with Gasteiger partial charge in [0.1, 0.15) is 11.0 Å². The minimum Gasteiger partial charge on any atom is -0.372 e. The van der Waals surface area contributed by atoms with Gasteiger partial charge in [-0.25, -0.2) is 0 Å². The van der Waals surface area contributed by atoms with E-state index in [-0.39, 0.29) is 5.91 Å². The number of carbonyl (C=O) groups is 1. The summed E-state index contributed by atoms with van der Waals surface area (Å²) in [4.78, 5) is 17.9. The van der Waals surface area contributed by atoms with Gasteiger partial charge in [0.2, 0.25) is 5.91 Å². The highest BCUT2D eigenvalue weighted by atomic mass is 16.2. The summed E-state index contributed by atoms with van der Waals surface area (Å²) in [7, 11) is 0. The van der Waals surface area contributed by atoms with Crippen molar-refractivity contribution in [2.45, 2.75) is 20.8 Å². The molecule has 30 heavy (non-hydrogen) atoms. The molecule has 0 radical (unpaired) electrons. The highest BCUT2D eigenvalue weighted by Crippen LogP contribution is 2.28. The number of hydrogen-bond acceptors (Lipinski definition) is 4. The minimum absolute atomic E-state index is 0.0556. The van der Waals surface area contributed by atoms with Crippen molar-refractivity contribution in [2.75, 3.05) is 22.9 Å². The molecule has 4 rings (SSSR count). The first kappa shape index (κ1) is 19.6. The molecule has 0 atom stereocenters. The van der Waals surface area contributed by atoms with Crippen LogP contribution in [0.25, 0.3) is 16.7 Å². The van der Waals surface area contributed by atoms with Gasteiger partial charge in [0.15, 0.2) is 0 Å². The lowest BCUT2D eigenvalue weighted by molar-refractivity contribution is -0.115. The molecule has 1 aromatic heterocycles. The number of fused-ring (bicyclic) bond motifs is 1. The zero-order chi connectivity index (χ0) is 21.1. The second kappa shape index (κ2) is 8.37. The Morgan fingerprint density at radius 2 is 1.43 bits per heavy atom. The Balaban J connectivity index is 1.68. The first-order valence-electron chi connectivity index (χ1n) is 10.2. The molecule has 0 saturated carbocycles. The van der Waals surface area contributed by atoms with Crippen molar-refractivity contribution >= 4 is 34.0 Å². The van der Waals surface area contributed by atoms with E-state index in [1.807, 2.05) is 60.7 Å². The van der Waals surface area contributed by atoms with E-state index in [9.17, 15) is 4.79 Å². The van der Waals surface area contributed by atoms with Crippen LogP contribution in [0, 0.1) is 0 Å². The summed E-state index contributed by atoms with van der Waals surface area (Å²) in [6, 6.07) is 23.5. The number of anilines is 3. The van der Waals surface area contributed by atoms with E-state index in [1.54, 1.807) is 16.6 Å². The lowest BCUT2D eigenvalue weighted by atomic mass is 10.2. The van der Waals surface area contributed by atoms with Gasteiger partial charge >= 0.3 is 0 Å². The van der Waals surface area contributed by atoms with Gasteiger partial charge < -0.3 is 4.90 Å². The number of amides is 1. The largest absolute Gasteiger partial charge is 0.372 e. The fraction of sp³-hybridized carbons (Fsp3) is 0.208. The van der Waals surface area contributed by atoms with E-state index < -0.39 is 0 Å². The summed E-state index contributed by atoms with van der Waals surface area (Å²) >= 11 is 0. The number of hydrogen-bond donors (Lipinski definition) is 0. The number of aromatic nitrogens is 3. The normalized spacial score (nSPS) is 10.9. The Labute approximate surface area is 176 Å². The topological polar surface area (TPSA) is 54.3 Å². The van der Waals surface area contributed by atoms with Crippen LogP contribution in [0.5, 0.6) is 0 Å². The molecule has 0 aliphatic carbocycles. The summed E-state index contributed by atoms with van der Waals surface area (Å²) in [5.41, 5.74) is 5.19. The number of para-hydroxylation sites is 1. The van der Waals surface area contributed by atoms with E-state index in [0.29, 0.717) is 0 Å². The molecular formula is C24H25N5O. The number of benzene rings is 3. The van der Waals surface area contributed by atoms with Crippen LogP contribution < -0.4 is 9.80 Å². The van der Waals surface area contributed by atoms with Gasteiger partial charge in [-0.1, -0.05) is 18.2 Å². The monoisotopic (exact) mass is 399 g/mol. The lowest BCUT2D eigenvalue weighted by Crippen LogP contribution is -2.22. The molecule has 1 heterocycles. The van der Waals surface area contributed by atoms with Crippen LogP contribution in [-0.2, 0) is 4.79 Å². The molecule has 0 spiro atoms. The van der Waals surface area contributed by atoms with Gasteiger partial charge in [-0.05, 0) is 68.4 Å². The van der Waals surface area contributed by atoms with Gasteiger partial charge in [0.25, 0.3) is 0 Å². The molecule has 0 N–H and O–H groups in total. The molecule has 1 amide bonds. The molecule has 0 bridgehead atoms. The fourth-order valence-corrected chi connectivity index (χ4v) is 3.63. The molecule has 4 aromatic rings. The third kappa shape index (κ3) is 3.76. The SMILES string of the molecule is CCN(CC)c1ccc(-n2nc3ccc(N(C(C)=O)c4ccccc4)cc3n2)cc1. The van der Waals surface area contributed by atoms with Crippen LogP contribution in [-0.4, -0.2) is 34.0 Å². The predicted molar refractivity (Wildman–Crippen MR) is 122 cm³/mol. The van der Waals surface area contributed by atoms with Crippen LogP contribution in [0.2, 0.25) is 0 Å².